The number of hydrogen-bond acceptors (Lipinski definition) is 10. The second-order valence-electron chi connectivity index (χ2n) is 9.32. The molecule has 2 atom stereocenters. The van der Waals surface area contributed by atoms with E-state index >= 15 is 0 Å². The number of urea groups is 1. The Morgan fingerprint density at radius 3 is 2.35 bits per heavy atom. The number of carbonyl (C=O) groups excluding carboxylic acids is 2. The van der Waals surface area contributed by atoms with Crippen LogP contribution in [0.1, 0.15) is 13.8 Å². The maximum absolute atomic E-state index is 12.9. The summed E-state index contributed by atoms with van der Waals surface area (Å²) < 4.78 is 21.3. The standard InChI is InChI=1S/C29H32N8O5S/c1-4-42-29(40)37-43(3,41)24-13-11-21(12-14-24)33-27-31-17-25(26(36-27)32-19(2)18-38)20-7-9-22(10-8-20)34-28(39)35-23-6-5-15-30-16-23/h5-17,19,38H,4,18H2,1-3H3,(H2,34,35,39)(H2,31,32,33,36). The van der Waals surface area contributed by atoms with Crippen LogP contribution in [-0.2, 0) is 14.5 Å². The first-order valence-electron chi connectivity index (χ1n) is 13.3. The number of nitrogens with zero attached hydrogens (tertiary/aromatic N) is 4. The molecule has 2 heterocycles. The van der Waals surface area contributed by atoms with Gasteiger partial charge in [0.15, 0.2) is 0 Å². The van der Waals surface area contributed by atoms with Crippen LogP contribution in [0.25, 0.3) is 11.1 Å². The van der Waals surface area contributed by atoms with E-state index in [0.717, 1.165) is 5.56 Å². The maximum atomic E-state index is 12.9. The quantitative estimate of drug-likeness (QED) is 0.159. The molecule has 224 valence electrons. The Morgan fingerprint density at radius 1 is 1.00 bits per heavy atom. The fourth-order valence-electron chi connectivity index (χ4n) is 3.77. The zero-order valence-corrected chi connectivity index (χ0v) is 24.6. The van der Waals surface area contributed by atoms with Crippen molar-refractivity contribution in [2.75, 3.05) is 40.7 Å². The van der Waals surface area contributed by atoms with E-state index in [4.69, 9.17) is 4.74 Å². The van der Waals surface area contributed by atoms with Crippen LogP contribution in [0.5, 0.6) is 0 Å². The maximum Gasteiger partial charge on any atom is 0.442 e. The molecule has 0 saturated carbocycles. The zero-order valence-electron chi connectivity index (χ0n) is 23.8. The lowest BCUT2D eigenvalue weighted by Crippen LogP contribution is -2.21. The predicted molar refractivity (Wildman–Crippen MR) is 166 cm³/mol. The Morgan fingerprint density at radius 2 is 1.70 bits per heavy atom. The van der Waals surface area contributed by atoms with Crippen molar-refractivity contribution in [3.05, 3.63) is 79.3 Å². The van der Waals surface area contributed by atoms with Gasteiger partial charge in [-0.25, -0.2) is 18.8 Å². The summed E-state index contributed by atoms with van der Waals surface area (Å²) in [7, 11) is -2.98. The van der Waals surface area contributed by atoms with Gasteiger partial charge in [-0.3, -0.25) is 4.98 Å². The summed E-state index contributed by atoms with van der Waals surface area (Å²) in [6.45, 7) is 3.49. The molecule has 5 N–H and O–H groups in total. The number of aliphatic hydroxyl groups is 1. The molecule has 0 spiro atoms. The molecule has 2 aromatic heterocycles. The van der Waals surface area contributed by atoms with Crippen LogP contribution < -0.4 is 21.3 Å². The number of hydrogen-bond donors (Lipinski definition) is 5. The number of pyridine rings is 1. The Bertz CT molecular complexity index is 1680. The molecule has 14 heteroatoms. The van der Waals surface area contributed by atoms with Crippen LogP contribution in [0.15, 0.2) is 88.5 Å². The average molecular weight is 605 g/mol. The lowest BCUT2D eigenvalue weighted by molar-refractivity contribution is 0.164. The Hall–Kier alpha value is -5.08. The monoisotopic (exact) mass is 604 g/mol. The normalized spacial score (nSPS) is 12.7. The van der Waals surface area contributed by atoms with Gasteiger partial charge >= 0.3 is 12.1 Å². The predicted octanol–water partition coefficient (Wildman–Crippen LogP) is 5.33. The van der Waals surface area contributed by atoms with Gasteiger partial charge in [0.05, 0.1) is 34.8 Å². The number of rotatable bonds is 10. The molecule has 13 nitrogen and oxygen atoms in total. The smallest absolute Gasteiger partial charge is 0.442 e. The third kappa shape index (κ3) is 8.70. The van der Waals surface area contributed by atoms with E-state index in [1.165, 1.54) is 6.26 Å². The number of aliphatic hydroxyl groups excluding tert-OH is 1. The van der Waals surface area contributed by atoms with Crippen molar-refractivity contribution in [1.29, 1.82) is 0 Å². The van der Waals surface area contributed by atoms with E-state index in [0.29, 0.717) is 33.3 Å². The van der Waals surface area contributed by atoms with E-state index in [2.05, 4.69) is 40.6 Å². The highest BCUT2D eigenvalue weighted by atomic mass is 32.2. The molecule has 43 heavy (non-hydrogen) atoms. The van der Waals surface area contributed by atoms with Gasteiger partial charge < -0.3 is 31.1 Å². The molecular weight excluding hydrogens is 572 g/mol. The highest BCUT2D eigenvalue weighted by Gasteiger charge is 2.14. The van der Waals surface area contributed by atoms with E-state index in [1.807, 2.05) is 19.1 Å². The van der Waals surface area contributed by atoms with E-state index in [1.54, 1.807) is 74.0 Å². The fraction of sp³-hybridized carbons (Fsp3) is 0.207. The molecule has 3 amide bonds. The third-order valence-corrected chi connectivity index (χ3v) is 7.53. The van der Waals surface area contributed by atoms with Crippen LogP contribution in [-0.4, -0.2) is 61.9 Å². The van der Waals surface area contributed by atoms with Gasteiger partial charge in [0.1, 0.15) is 5.82 Å². The van der Waals surface area contributed by atoms with Crippen molar-refractivity contribution in [3.63, 3.8) is 0 Å². The molecule has 0 aliphatic carbocycles. The second-order valence-corrected chi connectivity index (χ2v) is 11.6. The van der Waals surface area contributed by atoms with Gasteiger partial charge in [-0.15, -0.1) is 4.36 Å². The number of anilines is 5. The minimum absolute atomic E-state index is 0.115. The molecule has 2 unspecified atom stereocenters. The van der Waals surface area contributed by atoms with Gasteiger partial charge in [0.2, 0.25) is 5.95 Å². The summed E-state index contributed by atoms with van der Waals surface area (Å²) >= 11 is 0. The van der Waals surface area contributed by atoms with Crippen molar-refractivity contribution in [2.24, 2.45) is 4.36 Å². The minimum Gasteiger partial charge on any atom is -0.448 e. The van der Waals surface area contributed by atoms with E-state index in [9.17, 15) is 18.9 Å². The molecule has 4 aromatic rings. The summed E-state index contributed by atoms with van der Waals surface area (Å²) in [6.07, 6.45) is 5.31. The molecule has 0 saturated heterocycles. The molecule has 2 aromatic carbocycles. The van der Waals surface area contributed by atoms with Crippen LogP contribution in [0.4, 0.5) is 38.4 Å². The minimum atomic E-state index is -2.98. The van der Waals surface area contributed by atoms with Gasteiger partial charge in [0.25, 0.3) is 0 Å². The lowest BCUT2D eigenvalue weighted by Gasteiger charge is -2.17. The molecular formula is C29H32N8O5S. The summed E-state index contributed by atoms with van der Waals surface area (Å²) in [6, 6.07) is 16.5. The highest BCUT2D eigenvalue weighted by molar-refractivity contribution is 7.93. The van der Waals surface area contributed by atoms with Crippen molar-refractivity contribution >= 4 is 50.7 Å². The van der Waals surface area contributed by atoms with E-state index < -0.39 is 21.9 Å². The van der Waals surface area contributed by atoms with Crippen molar-refractivity contribution in [2.45, 2.75) is 24.8 Å². The number of ether oxygens (including phenoxy) is 1. The second kappa shape index (κ2) is 14.2. The Labute approximate surface area is 249 Å². The summed E-state index contributed by atoms with van der Waals surface area (Å²) in [5.41, 5.74) is 3.23. The molecule has 0 aliphatic heterocycles. The van der Waals surface area contributed by atoms with Gasteiger partial charge in [0, 0.05) is 46.5 Å². The summed E-state index contributed by atoms with van der Waals surface area (Å²) in [4.78, 5) is 37.4. The van der Waals surface area contributed by atoms with Crippen molar-refractivity contribution in [1.82, 2.24) is 15.0 Å². The van der Waals surface area contributed by atoms with Crippen molar-refractivity contribution < 1.29 is 23.6 Å². The fourth-order valence-corrected chi connectivity index (χ4v) is 4.85. The first-order valence-corrected chi connectivity index (χ1v) is 15.2. The summed E-state index contributed by atoms with van der Waals surface area (Å²) in [5, 5.41) is 21.4. The number of carbonyl (C=O) groups is 2. The Balaban J connectivity index is 1.51. The Kier molecular flexibility index (Phi) is 10.2. The first kappa shape index (κ1) is 30.9. The lowest BCUT2D eigenvalue weighted by atomic mass is 10.1. The third-order valence-electron chi connectivity index (χ3n) is 5.88. The first-order chi connectivity index (χ1) is 20.7. The molecule has 0 fully saturated rings. The summed E-state index contributed by atoms with van der Waals surface area (Å²) in [5.74, 6) is 0.762. The van der Waals surface area contributed by atoms with Gasteiger partial charge in [-0.2, -0.15) is 4.98 Å². The van der Waals surface area contributed by atoms with Gasteiger partial charge in [-0.05, 0) is 67.9 Å². The number of aromatic nitrogens is 3. The van der Waals surface area contributed by atoms with Crippen LogP contribution in [0, 0.1) is 0 Å². The molecule has 0 aliphatic rings. The van der Waals surface area contributed by atoms with Crippen LogP contribution in [0.2, 0.25) is 0 Å². The zero-order chi connectivity index (χ0) is 30.8. The largest absolute Gasteiger partial charge is 0.448 e. The molecule has 0 bridgehead atoms. The topological polar surface area (TPSA) is 180 Å². The highest BCUT2D eigenvalue weighted by Crippen LogP contribution is 2.29. The van der Waals surface area contributed by atoms with Crippen LogP contribution >= 0.6 is 0 Å². The number of nitrogens with one attached hydrogen (secondary N) is 4. The molecule has 4 rings (SSSR count). The average Bonchev–Trinajstić information content (AvgIpc) is 2.98. The number of benzene rings is 2. The van der Waals surface area contributed by atoms with Crippen LogP contribution in [0.3, 0.4) is 0 Å². The molecule has 0 radical (unpaired) electrons. The van der Waals surface area contributed by atoms with Gasteiger partial charge in [-0.1, -0.05) is 12.1 Å². The number of amides is 3. The van der Waals surface area contributed by atoms with Crippen molar-refractivity contribution in [3.8, 4) is 11.1 Å². The SMILES string of the molecule is CCOC(=O)N=S(C)(=O)c1ccc(Nc2ncc(-c3ccc(NC(=O)Nc4cccnc4)cc3)c(NC(C)CO)n2)cc1. The van der Waals surface area contributed by atoms with E-state index in [-0.39, 0.29) is 25.2 Å².